The van der Waals surface area contributed by atoms with E-state index in [0.29, 0.717) is 6.61 Å². The van der Waals surface area contributed by atoms with E-state index in [0.717, 1.165) is 18.2 Å². The number of ether oxygens (including phenoxy) is 1. The molecule has 0 radical (unpaired) electrons. The molecule has 0 fully saturated rings. The number of para-hydroxylation sites is 1. The average molecular weight is 245 g/mol. The molecule has 0 bridgehead atoms. The Kier molecular flexibility index (Phi) is 4.36. The van der Waals surface area contributed by atoms with E-state index in [9.17, 15) is 0 Å². The summed E-state index contributed by atoms with van der Waals surface area (Å²) in [4.78, 5) is 4.34. The van der Waals surface area contributed by atoms with Gasteiger partial charge in [-0.15, -0.1) is 0 Å². The predicted molar refractivity (Wildman–Crippen MR) is 73.1 cm³/mol. The van der Waals surface area contributed by atoms with Gasteiger partial charge in [0.2, 0.25) is 5.95 Å². The molecule has 0 aliphatic heterocycles. The van der Waals surface area contributed by atoms with Crippen molar-refractivity contribution in [3.63, 3.8) is 0 Å². The fraction of sp³-hybridized carbons (Fsp3) is 0.357. The van der Waals surface area contributed by atoms with Gasteiger partial charge in [0, 0.05) is 30.7 Å². The molecule has 0 spiro atoms. The van der Waals surface area contributed by atoms with Crippen LogP contribution in [0.2, 0.25) is 0 Å². The molecule has 4 heteroatoms. The van der Waals surface area contributed by atoms with Crippen molar-refractivity contribution >= 4 is 5.95 Å². The third kappa shape index (κ3) is 3.11. The average Bonchev–Trinajstić information content (AvgIpc) is 2.85. The largest absolute Gasteiger partial charge is 0.380 e. The van der Waals surface area contributed by atoms with Gasteiger partial charge in [0.15, 0.2) is 0 Å². The number of hydrogen-bond acceptors (Lipinski definition) is 3. The van der Waals surface area contributed by atoms with Gasteiger partial charge in [-0.05, 0) is 26.0 Å². The molecule has 0 saturated heterocycles. The van der Waals surface area contributed by atoms with Crippen LogP contribution in [-0.4, -0.2) is 28.8 Å². The Morgan fingerprint density at radius 3 is 2.83 bits per heavy atom. The van der Waals surface area contributed by atoms with Gasteiger partial charge in [0.05, 0.1) is 6.61 Å². The van der Waals surface area contributed by atoms with E-state index in [-0.39, 0.29) is 6.04 Å². The number of nitrogens with one attached hydrogen (secondary N) is 1. The molecule has 1 aromatic carbocycles. The summed E-state index contributed by atoms with van der Waals surface area (Å²) in [6.45, 7) is 5.49. The Labute approximate surface area is 108 Å². The van der Waals surface area contributed by atoms with Crippen LogP contribution >= 0.6 is 0 Å². The maximum absolute atomic E-state index is 5.39. The molecule has 1 atom stereocenters. The van der Waals surface area contributed by atoms with E-state index in [1.807, 2.05) is 35.9 Å². The maximum atomic E-state index is 5.39. The van der Waals surface area contributed by atoms with E-state index in [2.05, 4.69) is 29.4 Å². The molecule has 2 rings (SSSR count). The number of anilines is 1. The van der Waals surface area contributed by atoms with Crippen molar-refractivity contribution in [2.24, 2.45) is 0 Å². The van der Waals surface area contributed by atoms with Crippen molar-refractivity contribution in [2.45, 2.75) is 19.9 Å². The third-order valence-corrected chi connectivity index (χ3v) is 2.62. The number of nitrogens with zero attached hydrogens (tertiary/aromatic N) is 2. The quantitative estimate of drug-likeness (QED) is 0.850. The Morgan fingerprint density at radius 2 is 2.11 bits per heavy atom. The normalized spacial score (nSPS) is 12.3. The fourth-order valence-electron chi connectivity index (χ4n) is 1.76. The highest BCUT2D eigenvalue weighted by atomic mass is 16.5. The van der Waals surface area contributed by atoms with Gasteiger partial charge in [0.1, 0.15) is 0 Å². The van der Waals surface area contributed by atoms with Crippen LogP contribution in [0.1, 0.15) is 13.8 Å². The van der Waals surface area contributed by atoms with Crippen LogP contribution in [-0.2, 0) is 4.74 Å². The number of benzene rings is 1. The van der Waals surface area contributed by atoms with Gasteiger partial charge in [0.25, 0.3) is 0 Å². The lowest BCUT2D eigenvalue weighted by molar-refractivity contribution is 0.141. The van der Waals surface area contributed by atoms with E-state index < -0.39 is 0 Å². The lowest BCUT2D eigenvalue weighted by Gasteiger charge is -2.15. The minimum atomic E-state index is 0.231. The minimum Gasteiger partial charge on any atom is -0.380 e. The van der Waals surface area contributed by atoms with Crippen LogP contribution < -0.4 is 5.32 Å². The molecule has 2 aromatic rings. The smallest absolute Gasteiger partial charge is 0.207 e. The second-order valence-corrected chi connectivity index (χ2v) is 4.16. The summed E-state index contributed by atoms with van der Waals surface area (Å²) in [5, 5.41) is 3.35. The number of imidazole rings is 1. The minimum absolute atomic E-state index is 0.231. The molecular weight excluding hydrogens is 226 g/mol. The van der Waals surface area contributed by atoms with Gasteiger partial charge in [-0.2, -0.15) is 0 Å². The fourth-order valence-corrected chi connectivity index (χ4v) is 1.76. The summed E-state index contributed by atoms with van der Waals surface area (Å²) in [7, 11) is 0. The molecule has 0 aliphatic rings. The summed E-state index contributed by atoms with van der Waals surface area (Å²) < 4.78 is 7.42. The third-order valence-electron chi connectivity index (χ3n) is 2.62. The van der Waals surface area contributed by atoms with Crippen LogP contribution in [0.5, 0.6) is 0 Å². The Morgan fingerprint density at radius 1 is 1.33 bits per heavy atom. The zero-order chi connectivity index (χ0) is 12.8. The van der Waals surface area contributed by atoms with Gasteiger partial charge in [-0.25, -0.2) is 4.98 Å². The van der Waals surface area contributed by atoms with Crippen LogP contribution in [0.25, 0.3) is 5.69 Å². The first-order valence-corrected chi connectivity index (χ1v) is 6.24. The molecule has 1 N–H and O–H groups in total. The molecule has 0 saturated carbocycles. The van der Waals surface area contributed by atoms with E-state index in [1.54, 1.807) is 6.20 Å². The highest BCUT2D eigenvalue weighted by Gasteiger charge is 2.08. The monoisotopic (exact) mass is 245 g/mol. The van der Waals surface area contributed by atoms with Gasteiger partial charge < -0.3 is 10.1 Å². The van der Waals surface area contributed by atoms with Crippen LogP contribution in [0, 0.1) is 0 Å². The number of aromatic nitrogens is 2. The number of hydrogen-bond donors (Lipinski definition) is 1. The highest BCUT2D eigenvalue weighted by Crippen LogP contribution is 2.14. The molecule has 96 valence electrons. The van der Waals surface area contributed by atoms with E-state index >= 15 is 0 Å². The SMILES string of the molecule is CCOCC(C)Nc1nccn1-c1ccccc1. The Balaban J connectivity index is 2.09. The first-order chi connectivity index (χ1) is 8.81. The summed E-state index contributed by atoms with van der Waals surface area (Å²) in [5.41, 5.74) is 1.10. The lowest BCUT2D eigenvalue weighted by Crippen LogP contribution is -2.23. The summed E-state index contributed by atoms with van der Waals surface area (Å²) in [6.07, 6.45) is 3.74. The van der Waals surface area contributed by atoms with Crippen molar-refractivity contribution in [1.29, 1.82) is 0 Å². The molecule has 18 heavy (non-hydrogen) atoms. The molecule has 1 aromatic heterocycles. The predicted octanol–water partition coefficient (Wildman–Crippen LogP) is 2.71. The van der Waals surface area contributed by atoms with Crippen LogP contribution in [0.3, 0.4) is 0 Å². The zero-order valence-electron chi connectivity index (χ0n) is 10.8. The highest BCUT2D eigenvalue weighted by molar-refractivity contribution is 5.41. The van der Waals surface area contributed by atoms with Gasteiger partial charge in [-0.3, -0.25) is 4.57 Å². The summed E-state index contributed by atoms with van der Waals surface area (Å²) in [6, 6.07) is 10.4. The van der Waals surface area contributed by atoms with E-state index in [1.165, 1.54) is 0 Å². The van der Waals surface area contributed by atoms with Gasteiger partial charge in [-0.1, -0.05) is 18.2 Å². The summed E-state index contributed by atoms with van der Waals surface area (Å²) >= 11 is 0. The lowest BCUT2D eigenvalue weighted by atomic mass is 10.3. The molecular formula is C14H19N3O. The van der Waals surface area contributed by atoms with E-state index in [4.69, 9.17) is 4.74 Å². The zero-order valence-corrected chi connectivity index (χ0v) is 10.8. The Bertz CT molecular complexity index is 467. The maximum Gasteiger partial charge on any atom is 0.207 e. The molecule has 1 unspecified atom stereocenters. The molecule has 1 heterocycles. The standard InChI is InChI=1S/C14H19N3O/c1-3-18-11-12(2)16-14-15-9-10-17(14)13-7-5-4-6-8-13/h4-10,12H,3,11H2,1-2H3,(H,15,16). The first kappa shape index (κ1) is 12.6. The summed E-state index contributed by atoms with van der Waals surface area (Å²) in [5.74, 6) is 0.841. The van der Waals surface area contributed by atoms with Crippen molar-refractivity contribution in [3.05, 3.63) is 42.7 Å². The molecule has 0 aliphatic carbocycles. The van der Waals surface area contributed by atoms with Crippen molar-refractivity contribution in [2.75, 3.05) is 18.5 Å². The van der Waals surface area contributed by atoms with Crippen LogP contribution in [0.4, 0.5) is 5.95 Å². The van der Waals surface area contributed by atoms with Gasteiger partial charge >= 0.3 is 0 Å². The van der Waals surface area contributed by atoms with Crippen molar-refractivity contribution in [1.82, 2.24) is 9.55 Å². The van der Waals surface area contributed by atoms with Crippen LogP contribution in [0.15, 0.2) is 42.7 Å². The first-order valence-electron chi connectivity index (χ1n) is 6.24. The van der Waals surface area contributed by atoms with Crippen molar-refractivity contribution < 1.29 is 4.74 Å². The van der Waals surface area contributed by atoms with Crippen molar-refractivity contribution in [3.8, 4) is 5.69 Å². The second kappa shape index (κ2) is 6.21. The number of rotatable bonds is 6. The second-order valence-electron chi connectivity index (χ2n) is 4.16. The molecule has 0 amide bonds. The topological polar surface area (TPSA) is 39.1 Å². The Hall–Kier alpha value is -1.81. The molecule has 4 nitrogen and oxygen atoms in total.